The molecule has 694 valence electrons. The van der Waals surface area contributed by atoms with E-state index in [1.165, 1.54) is 34.1 Å². The van der Waals surface area contributed by atoms with Crippen LogP contribution in [0.2, 0.25) is 15.1 Å². The van der Waals surface area contributed by atoms with Crippen molar-refractivity contribution < 1.29 is 70.3 Å². The van der Waals surface area contributed by atoms with Gasteiger partial charge in [-0.15, -0.1) is 11.3 Å². The molecule has 29 heteroatoms. The predicted octanol–water partition coefficient (Wildman–Crippen LogP) is 23.7. The minimum absolute atomic E-state index is 0.0603. The molecular formula is C105H104Cl3F3N10O12S. The zero-order valence-corrected chi connectivity index (χ0v) is 79.2. The lowest BCUT2D eigenvalue weighted by atomic mass is 9.88. The molecule has 8 atom stereocenters. The van der Waals surface area contributed by atoms with Gasteiger partial charge in [0.25, 0.3) is 23.6 Å². The van der Waals surface area contributed by atoms with Crippen LogP contribution in [0.1, 0.15) is 212 Å². The molecule has 2 aromatic heterocycles. The number of rotatable bonds is 19. The van der Waals surface area contributed by atoms with Gasteiger partial charge in [0.05, 0.1) is 53.5 Å². The molecule has 0 spiro atoms. The molecule has 0 unspecified atom stereocenters. The third kappa shape index (κ3) is 22.2. The zero-order chi connectivity index (χ0) is 96.3. The Morgan fingerprint density at radius 1 is 0.455 bits per heavy atom. The van der Waals surface area contributed by atoms with E-state index in [0.29, 0.717) is 80.3 Å². The maximum absolute atomic E-state index is 13.6. The van der Waals surface area contributed by atoms with Crippen molar-refractivity contribution in [2.24, 2.45) is 5.73 Å². The number of thiophene rings is 1. The van der Waals surface area contributed by atoms with E-state index in [1.54, 1.807) is 156 Å². The lowest BCUT2D eigenvalue weighted by Crippen LogP contribution is -2.47. The quantitative estimate of drug-likeness (QED) is 0.0792. The number of anilines is 8. The monoisotopic (exact) mass is 1890 g/mol. The number of methoxy groups -OCH3 is 1. The maximum atomic E-state index is 13.6. The SMILES string of the molecule is CC(=O)N(c1ccc(Cl)cc1)[C@@H]1C[C@H](C)N(C(=O)c2ccc(OC(C)C)cc2)c2ccccc21.CC(=O)N(c1ccc(Cl)cc1)[C@@H]1C[C@H](C)N(C(=O)c2cccs2)c2ccc(C(F)(F)F)cc21.CCc1cc(C(=O)N2c3ccccc3[C@H](N(C(C)=O)c3ccc(Cl)cc3)C[C@@H]2C)on1.COc1ccc(C(=O)N2c3ccccc3[C@H](N(C(C)=O)c3ccc(CCC(N)=O)cc3)C[C@@H]2C)cc1. The Hall–Kier alpha value is -13.4. The van der Waals surface area contributed by atoms with E-state index in [0.717, 1.165) is 80.0 Å². The average Bonchev–Trinajstić information content (AvgIpc) is 0.880. The molecule has 16 rings (SSSR count). The normalized spacial score (nSPS) is 17.5. The molecule has 6 heterocycles. The summed E-state index contributed by atoms with van der Waals surface area (Å²) < 4.78 is 57.0. The second kappa shape index (κ2) is 43.1. The molecule has 0 saturated heterocycles. The molecule has 0 radical (unpaired) electrons. The van der Waals surface area contributed by atoms with Gasteiger partial charge in [-0.1, -0.05) is 120 Å². The smallest absolute Gasteiger partial charge is 0.416 e. The van der Waals surface area contributed by atoms with Gasteiger partial charge in [0.15, 0.2) is 0 Å². The number of alkyl halides is 3. The number of primary amides is 1. The van der Waals surface area contributed by atoms with Crippen LogP contribution >= 0.6 is 46.1 Å². The number of halogens is 6. The number of carbonyl (C=O) groups is 9. The summed E-state index contributed by atoms with van der Waals surface area (Å²) in [5, 5.41) is 7.44. The van der Waals surface area contributed by atoms with E-state index in [-0.39, 0.29) is 126 Å². The van der Waals surface area contributed by atoms with E-state index in [1.807, 2.05) is 192 Å². The second-order valence-corrected chi connectivity index (χ2v) is 35.9. The summed E-state index contributed by atoms with van der Waals surface area (Å²) in [6, 6.07) is 72.7. The molecule has 0 aliphatic carbocycles. The van der Waals surface area contributed by atoms with Crippen LogP contribution in [0, 0.1) is 0 Å². The molecule has 10 aromatic carbocycles. The van der Waals surface area contributed by atoms with Crippen LogP contribution in [0.15, 0.2) is 265 Å². The van der Waals surface area contributed by atoms with E-state index >= 15 is 0 Å². The summed E-state index contributed by atoms with van der Waals surface area (Å²) in [5.41, 5.74) is 16.0. The van der Waals surface area contributed by atoms with Crippen molar-refractivity contribution in [3.63, 3.8) is 0 Å². The predicted molar refractivity (Wildman–Crippen MR) is 522 cm³/mol. The molecule has 4 aliphatic heterocycles. The molecule has 4 aliphatic rings. The van der Waals surface area contributed by atoms with E-state index < -0.39 is 17.8 Å². The number of nitrogens with zero attached hydrogens (tertiary/aromatic N) is 9. The van der Waals surface area contributed by atoms with Crippen LogP contribution in [0.4, 0.5) is 58.7 Å². The van der Waals surface area contributed by atoms with Crippen LogP contribution in [-0.2, 0) is 43.0 Å². The first-order chi connectivity index (χ1) is 64.0. The number of amides is 9. The molecule has 12 aromatic rings. The largest absolute Gasteiger partial charge is 0.497 e. The van der Waals surface area contributed by atoms with Crippen molar-refractivity contribution in [2.75, 3.05) is 46.3 Å². The Bertz CT molecular complexity index is 6230. The first-order valence-electron chi connectivity index (χ1n) is 44.1. The molecule has 0 fully saturated rings. The number of aromatic nitrogens is 1. The fourth-order valence-electron chi connectivity index (χ4n) is 18.0. The van der Waals surface area contributed by atoms with Gasteiger partial charge in [0, 0.05) is 136 Å². The van der Waals surface area contributed by atoms with Gasteiger partial charge in [-0.3, -0.25) is 43.2 Å². The van der Waals surface area contributed by atoms with Crippen LogP contribution in [0.5, 0.6) is 11.5 Å². The van der Waals surface area contributed by atoms with Gasteiger partial charge in [-0.05, 0) is 289 Å². The average molecular weight is 1890 g/mol. The summed E-state index contributed by atoms with van der Waals surface area (Å²) in [6.45, 7) is 19.8. The lowest BCUT2D eigenvalue weighted by Gasteiger charge is -2.43. The third-order valence-corrected chi connectivity index (χ3v) is 25.6. The Morgan fingerprint density at radius 2 is 0.813 bits per heavy atom. The Morgan fingerprint density at radius 3 is 1.16 bits per heavy atom. The van der Waals surface area contributed by atoms with Crippen LogP contribution in [0.25, 0.3) is 0 Å². The van der Waals surface area contributed by atoms with Crippen LogP contribution in [0.3, 0.4) is 0 Å². The van der Waals surface area contributed by atoms with Crippen LogP contribution in [-0.4, -0.2) is 95.7 Å². The van der Waals surface area contributed by atoms with Gasteiger partial charge in [0.1, 0.15) is 11.5 Å². The minimum Gasteiger partial charge on any atom is -0.497 e. The van der Waals surface area contributed by atoms with E-state index in [9.17, 15) is 56.3 Å². The summed E-state index contributed by atoms with van der Waals surface area (Å²) in [7, 11) is 1.59. The highest BCUT2D eigenvalue weighted by Gasteiger charge is 2.45. The maximum Gasteiger partial charge on any atom is 0.416 e. The number of ether oxygens (including phenoxy) is 2. The topological polar surface area (TPSA) is 250 Å². The zero-order valence-electron chi connectivity index (χ0n) is 76.1. The van der Waals surface area contributed by atoms with Gasteiger partial charge >= 0.3 is 6.18 Å². The fraction of sp³-hybridized carbons (Fsp3) is 0.276. The number of benzene rings is 10. The van der Waals surface area contributed by atoms with Crippen LogP contribution < -0.4 is 54.4 Å². The van der Waals surface area contributed by atoms with Crippen molar-refractivity contribution >= 4 is 145 Å². The fourth-order valence-corrected chi connectivity index (χ4v) is 19.0. The van der Waals surface area contributed by atoms with Gasteiger partial charge < -0.3 is 58.9 Å². The Kier molecular flexibility index (Phi) is 31.5. The Labute approximate surface area is 796 Å². The Balaban J connectivity index is 0.000000152. The lowest BCUT2D eigenvalue weighted by molar-refractivity contribution is -0.137. The molecule has 0 bridgehead atoms. The summed E-state index contributed by atoms with van der Waals surface area (Å²) in [6.07, 6.45) is -0.915. The summed E-state index contributed by atoms with van der Waals surface area (Å²) in [4.78, 5) is 130. The highest BCUT2D eigenvalue weighted by atomic mass is 35.5. The third-order valence-electron chi connectivity index (χ3n) is 24.0. The molecule has 9 amide bonds. The standard InChI is InChI=1S/C29H31N3O4.C28H29ClN2O3.C24H20ClF3N2O2S.C24H24ClN3O3/c1-19-18-27(32(20(2)33)23-13-8-21(9-14-23)10-17-28(30)34)25-6-4-5-7-26(25)31(19)29(35)22-11-15-24(36-3)16-12-22;1-18(2)34-24-15-9-21(10-16-24)28(33)30-19(3)17-27(25-7-5-6-8-26(25)30)31(20(4)32)23-13-11-22(29)12-14-23;1-14-12-21(30(15(2)31)18-8-6-17(25)7-9-18)19-13-16(24(26,27)28)5-10-20(19)29(14)23(32)22-4-3-11-33-22;1-4-18-14-23(31-26-18)24(30)27-15(2)13-22(20-7-5-6-8-21(20)27)28(16(3)29)19-11-9-17(25)10-12-19/h4-9,11-16,19,27H,10,17-18H2,1-3H3,(H2,30,34);5-16,18-19,27H,17H2,1-4H3;3-11,13-14,21H,12H2,1-2H3;5-12,14-15,22H,4,13H2,1-3H3/t2*19-,27+;14-,21+;15-,22+/m0000/s1. The summed E-state index contributed by atoms with van der Waals surface area (Å²) >= 11 is 19.4. The molecular weight excluding hydrogens is 1790 g/mol. The van der Waals surface area contributed by atoms with Crippen molar-refractivity contribution in [3.05, 3.63) is 336 Å². The molecule has 2 N–H and O–H groups in total. The van der Waals surface area contributed by atoms with E-state index in [2.05, 4.69) is 5.16 Å². The second-order valence-electron chi connectivity index (χ2n) is 33.6. The number of fused-ring (bicyclic) bond motifs is 4. The minimum atomic E-state index is -4.56. The highest BCUT2D eigenvalue weighted by molar-refractivity contribution is 7.12. The van der Waals surface area contributed by atoms with Gasteiger partial charge in [-0.2, -0.15) is 13.2 Å². The number of carbonyl (C=O) groups excluding carboxylic acids is 9. The van der Waals surface area contributed by atoms with Crippen molar-refractivity contribution in [3.8, 4) is 11.5 Å². The summed E-state index contributed by atoms with van der Waals surface area (Å²) in [5.74, 6) is 0.0904. The van der Waals surface area contributed by atoms with Crippen molar-refractivity contribution in [1.29, 1.82) is 0 Å². The molecule has 22 nitrogen and oxygen atoms in total. The van der Waals surface area contributed by atoms with Gasteiger partial charge in [0.2, 0.25) is 35.3 Å². The van der Waals surface area contributed by atoms with E-state index in [4.69, 9.17) is 54.5 Å². The first kappa shape index (κ1) is 98.1. The highest BCUT2D eigenvalue weighted by Crippen LogP contribution is 2.50. The van der Waals surface area contributed by atoms with Crippen molar-refractivity contribution in [1.82, 2.24) is 5.16 Å². The van der Waals surface area contributed by atoms with Crippen molar-refractivity contribution in [2.45, 2.75) is 182 Å². The number of aryl methyl sites for hydroxylation is 2. The first-order valence-corrected chi connectivity index (χ1v) is 46.1. The number of nitrogens with two attached hydrogens (primary N) is 1. The molecule has 0 saturated carbocycles. The number of para-hydroxylation sites is 3. The number of hydrogen-bond donors (Lipinski definition) is 1. The van der Waals surface area contributed by atoms with Gasteiger partial charge in [-0.25, -0.2) is 0 Å². The number of hydrogen-bond acceptors (Lipinski definition) is 14. The molecule has 134 heavy (non-hydrogen) atoms.